The smallest absolute Gasteiger partial charge is 0.305 e. The van der Waals surface area contributed by atoms with Gasteiger partial charge in [-0.25, -0.2) is 5.84 Å². The molecule has 0 bridgehead atoms. The summed E-state index contributed by atoms with van der Waals surface area (Å²) >= 11 is 0. The van der Waals surface area contributed by atoms with Crippen LogP contribution < -0.4 is 11.3 Å². The predicted molar refractivity (Wildman–Crippen MR) is 144 cm³/mol. The molecule has 1 aliphatic heterocycles. The lowest BCUT2D eigenvalue weighted by molar-refractivity contribution is -0.143. The summed E-state index contributed by atoms with van der Waals surface area (Å²) in [5.41, 5.74) is 5.82. The third kappa shape index (κ3) is 7.91. The second-order valence-corrected chi connectivity index (χ2v) is 8.88. The number of amidine groups is 1. The predicted octanol–water partition coefficient (Wildman–Crippen LogP) is 3.23. The quantitative estimate of drug-likeness (QED) is 0.0793. The summed E-state index contributed by atoms with van der Waals surface area (Å²) < 4.78 is 4.96. The van der Waals surface area contributed by atoms with Crippen molar-refractivity contribution >= 4 is 11.8 Å². The standard InChI is InChI=1S/C28H39N5O3/c1-3-16-32-17-19-33(20-18-32)27(24-8-7-9-25(34)21-24)22-11-13-23(14-12-22)28(31-29)30-15-6-5-10-26(35)36-4-2/h3,7-9,11-14,21,27,34H,1,4-6,10,15-20,29H2,2H3,(H,30,31). The van der Waals surface area contributed by atoms with Crippen molar-refractivity contribution in [2.45, 2.75) is 32.2 Å². The number of piperazine rings is 1. The molecule has 2 aromatic carbocycles. The first kappa shape index (κ1) is 27.4. The Balaban J connectivity index is 1.71. The van der Waals surface area contributed by atoms with E-state index in [4.69, 9.17) is 10.6 Å². The minimum absolute atomic E-state index is 0.0335. The normalized spacial score (nSPS) is 15.9. The van der Waals surface area contributed by atoms with Gasteiger partial charge in [0.05, 0.1) is 12.6 Å². The fraction of sp³-hybridized carbons (Fsp3) is 0.429. The Morgan fingerprint density at radius 2 is 1.92 bits per heavy atom. The minimum Gasteiger partial charge on any atom is -0.508 e. The van der Waals surface area contributed by atoms with Crippen LogP contribution in [0.25, 0.3) is 0 Å². The van der Waals surface area contributed by atoms with Crippen molar-refractivity contribution in [2.24, 2.45) is 10.8 Å². The zero-order valence-electron chi connectivity index (χ0n) is 21.2. The number of esters is 1. The molecule has 0 spiro atoms. The van der Waals surface area contributed by atoms with Crippen molar-refractivity contribution in [3.8, 4) is 5.75 Å². The summed E-state index contributed by atoms with van der Waals surface area (Å²) in [6, 6.07) is 15.8. The van der Waals surface area contributed by atoms with Crippen molar-refractivity contribution in [1.29, 1.82) is 0 Å². The number of phenolic OH excluding ortho intramolecular Hbond substituents is 1. The number of benzene rings is 2. The highest BCUT2D eigenvalue weighted by Gasteiger charge is 2.26. The van der Waals surface area contributed by atoms with Gasteiger partial charge in [-0.15, -0.1) is 6.58 Å². The zero-order valence-corrected chi connectivity index (χ0v) is 21.2. The summed E-state index contributed by atoms with van der Waals surface area (Å²) in [6.07, 6.45) is 3.86. The lowest BCUT2D eigenvalue weighted by Gasteiger charge is -2.39. The monoisotopic (exact) mass is 493 g/mol. The average molecular weight is 494 g/mol. The van der Waals surface area contributed by atoms with E-state index in [9.17, 15) is 9.90 Å². The summed E-state index contributed by atoms with van der Waals surface area (Å²) in [5.74, 6) is 6.48. The number of unbranched alkanes of at least 4 members (excludes halogenated alkanes) is 1. The molecule has 1 aliphatic rings. The van der Waals surface area contributed by atoms with E-state index < -0.39 is 0 Å². The van der Waals surface area contributed by atoms with Crippen molar-refractivity contribution in [2.75, 3.05) is 45.9 Å². The van der Waals surface area contributed by atoms with E-state index in [2.05, 4.69) is 45.0 Å². The molecule has 0 radical (unpaired) electrons. The van der Waals surface area contributed by atoms with E-state index in [1.54, 1.807) is 6.07 Å². The second kappa shape index (κ2) is 14.4. The van der Waals surface area contributed by atoms with Crippen LogP contribution in [0, 0.1) is 0 Å². The lowest BCUT2D eigenvalue weighted by atomic mass is 9.95. The molecule has 4 N–H and O–H groups in total. The summed E-state index contributed by atoms with van der Waals surface area (Å²) in [5, 5.41) is 10.1. The molecule has 1 atom stereocenters. The number of ether oxygens (including phenoxy) is 1. The fourth-order valence-electron chi connectivity index (χ4n) is 4.54. The van der Waals surface area contributed by atoms with Gasteiger partial charge in [-0.1, -0.05) is 42.5 Å². The second-order valence-electron chi connectivity index (χ2n) is 8.88. The Labute approximate surface area is 214 Å². The van der Waals surface area contributed by atoms with Crippen molar-refractivity contribution in [3.05, 3.63) is 77.9 Å². The average Bonchev–Trinajstić information content (AvgIpc) is 2.88. The van der Waals surface area contributed by atoms with Gasteiger partial charge in [0.2, 0.25) is 0 Å². The molecular formula is C28H39N5O3. The van der Waals surface area contributed by atoms with Gasteiger partial charge in [-0.2, -0.15) is 0 Å². The van der Waals surface area contributed by atoms with E-state index in [-0.39, 0.29) is 17.8 Å². The van der Waals surface area contributed by atoms with Crippen LogP contribution in [0.5, 0.6) is 5.75 Å². The highest BCUT2D eigenvalue weighted by Crippen LogP contribution is 2.31. The number of aromatic hydroxyl groups is 1. The van der Waals surface area contributed by atoms with Gasteiger partial charge < -0.3 is 15.3 Å². The maximum atomic E-state index is 11.5. The Morgan fingerprint density at radius 3 is 2.56 bits per heavy atom. The fourth-order valence-corrected chi connectivity index (χ4v) is 4.54. The van der Waals surface area contributed by atoms with E-state index in [1.165, 1.54) is 0 Å². The van der Waals surface area contributed by atoms with Gasteiger partial charge in [0.15, 0.2) is 0 Å². The molecule has 2 aromatic rings. The number of nitrogens with zero attached hydrogens (tertiary/aromatic N) is 3. The summed E-state index contributed by atoms with van der Waals surface area (Å²) in [7, 11) is 0. The van der Waals surface area contributed by atoms with Crippen molar-refractivity contribution in [1.82, 2.24) is 15.2 Å². The molecule has 3 rings (SSSR count). The molecular weight excluding hydrogens is 454 g/mol. The number of hydrazine groups is 1. The number of hydrogen-bond donors (Lipinski definition) is 3. The Bertz CT molecular complexity index is 1000. The third-order valence-corrected chi connectivity index (χ3v) is 6.35. The molecule has 8 nitrogen and oxygen atoms in total. The Kier molecular flexibility index (Phi) is 10.9. The van der Waals surface area contributed by atoms with E-state index >= 15 is 0 Å². The first-order valence-electron chi connectivity index (χ1n) is 12.7. The van der Waals surface area contributed by atoms with Crippen LogP contribution in [0.3, 0.4) is 0 Å². The van der Waals surface area contributed by atoms with Gasteiger partial charge in [0.1, 0.15) is 11.6 Å². The number of carbonyl (C=O) groups excluding carboxylic acids is 1. The van der Waals surface area contributed by atoms with Crippen LogP contribution in [-0.4, -0.2) is 72.6 Å². The van der Waals surface area contributed by atoms with Crippen LogP contribution in [0.15, 0.2) is 66.2 Å². The van der Waals surface area contributed by atoms with Gasteiger partial charge >= 0.3 is 5.97 Å². The van der Waals surface area contributed by atoms with E-state index in [1.807, 2.05) is 37.3 Å². The number of rotatable bonds is 12. The maximum absolute atomic E-state index is 11.5. The van der Waals surface area contributed by atoms with Crippen molar-refractivity contribution in [3.63, 3.8) is 0 Å². The highest BCUT2D eigenvalue weighted by atomic mass is 16.5. The van der Waals surface area contributed by atoms with Crippen LogP contribution in [0.1, 0.15) is 48.9 Å². The van der Waals surface area contributed by atoms with Gasteiger partial charge in [-0.05, 0) is 43.0 Å². The van der Waals surface area contributed by atoms with Gasteiger partial charge in [-0.3, -0.25) is 19.6 Å². The van der Waals surface area contributed by atoms with E-state index in [0.29, 0.717) is 25.4 Å². The van der Waals surface area contributed by atoms with Gasteiger partial charge in [0, 0.05) is 51.3 Å². The van der Waals surface area contributed by atoms with E-state index in [0.717, 1.165) is 62.3 Å². The first-order valence-corrected chi connectivity index (χ1v) is 12.7. The largest absolute Gasteiger partial charge is 0.508 e. The molecule has 0 amide bonds. The molecule has 0 aromatic heterocycles. The first-order chi connectivity index (χ1) is 17.5. The summed E-state index contributed by atoms with van der Waals surface area (Å²) in [4.78, 5) is 20.9. The number of aliphatic imine (C=N–C) groups is 1. The van der Waals surface area contributed by atoms with Crippen LogP contribution in [0.4, 0.5) is 0 Å². The Hall–Kier alpha value is -3.20. The number of nitrogens with one attached hydrogen (secondary N) is 1. The molecule has 36 heavy (non-hydrogen) atoms. The Morgan fingerprint density at radius 1 is 1.17 bits per heavy atom. The molecule has 194 valence electrons. The molecule has 1 unspecified atom stereocenters. The topological polar surface area (TPSA) is 103 Å². The molecule has 8 heteroatoms. The maximum Gasteiger partial charge on any atom is 0.305 e. The number of nitrogens with two attached hydrogens (primary N) is 1. The molecule has 0 saturated carbocycles. The molecule has 0 aliphatic carbocycles. The molecule has 1 fully saturated rings. The minimum atomic E-state index is -0.169. The summed E-state index contributed by atoms with van der Waals surface area (Å²) in [6.45, 7) is 11.4. The number of hydrogen-bond acceptors (Lipinski definition) is 7. The van der Waals surface area contributed by atoms with Crippen molar-refractivity contribution < 1.29 is 14.6 Å². The third-order valence-electron chi connectivity index (χ3n) is 6.35. The zero-order chi connectivity index (χ0) is 25.8. The van der Waals surface area contributed by atoms with Crippen LogP contribution >= 0.6 is 0 Å². The number of phenols is 1. The highest BCUT2D eigenvalue weighted by molar-refractivity contribution is 5.98. The van der Waals surface area contributed by atoms with Gasteiger partial charge in [0.25, 0.3) is 0 Å². The SMILES string of the molecule is C=CCN1CCN(C(c2ccc(C(=NCCCCC(=O)OCC)NN)cc2)c2cccc(O)c2)CC1. The van der Waals surface area contributed by atoms with Crippen LogP contribution in [0.2, 0.25) is 0 Å². The lowest BCUT2D eigenvalue weighted by Crippen LogP contribution is -2.47. The molecule has 1 heterocycles. The van der Waals surface area contributed by atoms with Crippen LogP contribution in [-0.2, 0) is 9.53 Å². The number of carbonyl (C=O) groups is 1. The molecule has 1 saturated heterocycles.